The van der Waals surface area contributed by atoms with Crippen molar-refractivity contribution in [1.29, 1.82) is 0 Å². The average Bonchev–Trinajstić information content (AvgIpc) is 2.99. The first-order valence-electron chi connectivity index (χ1n) is 7.57. The number of nitrogens with zero attached hydrogens (tertiary/aromatic N) is 3. The van der Waals surface area contributed by atoms with Crippen LogP contribution in [0, 0.1) is 12.7 Å². The number of rotatable bonds is 1. The van der Waals surface area contributed by atoms with Gasteiger partial charge in [-0.05, 0) is 30.7 Å². The Morgan fingerprint density at radius 1 is 1.09 bits per heavy atom. The van der Waals surface area contributed by atoms with Crippen molar-refractivity contribution in [3.63, 3.8) is 0 Å². The predicted molar refractivity (Wildman–Crippen MR) is 90.7 cm³/mol. The molecule has 4 rings (SSSR count). The van der Waals surface area contributed by atoms with E-state index in [1.807, 2.05) is 32.0 Å². The summed E-state index contributed by atoms with van der Waals surface area (Å²) in [6.07, 6.45) is 6.46. The fraction of sp³-hybridized carbons (Fsp3) is 0.167. The third kappa shape index (κ3) is 2.54. The van der Waals surface area contributed by atoms with Crippen LogP contribution in [0.25, 0.3) is 33.2 Å². The number of H-pyrrole nitrogens is 1. The second-order valence-electron chi connectivity index (χ2n) is 4.94. The number of hydrogen-bond acceptors (Lipinski definition) is 3. The van der Waals surface area contributed by atoms with Gasteiger partial charge in [0.2, 0.25) is 0 Å². The molecule has 0 fully saturated rings. The molecule has 4 heterocycles. The SMILES string of the molecule is CC.Cc1c(F)cnc2[nH]c3cnc(-c4cccnc4)cc3c12. The third-order valence-corrected chi connectivity index (χ3v) is 3.66. The Kier molecular flexibility index (Phi) is 4.02. The van der Waals surface area contributed by atoms with Gasteiger partial charge in [0.15, 0.2) is 0 Å². The van der Waals surface area contributed by atoms with Crippen molar-refractivity contribution < 1.29 is 4.39 Å². The molecule has 0 atom stereocenters. The van der Waals surface area contributed by atoms with E-state index in [0.29, 0.717) is 11.2 Å². The lowest BCUT2D eigenvalue weighted by Gasteiger charge is -2.01. The summed E-state index contributed by atoms with van der Waals surface area (Å²) in [6.45, 7) is 5.76. The first-order valence-corrected chi connectivity index (χ1v) is 7.57. The smallest absolute Gasteiger partial charge is 0.145 e. The molecule has 0 aromatic carbocycles. The molecule has 0 aliphatic rings. The summed E-state index contributed by atoms with van der Waals surface area (Å²) in [5.74, 6) is -0.303. The van der Waals surface area contributed by atoms with E-state index in [-0.39, 0.29) is 5.82 Å². The molecule has 0 bridgehead atoms. The summed E-state index contributed by atoms with van der Waals surface area (Å²) < 4.78 is 13.8. The van der Waals surface area contributed by atoms with Crippen molar-refractivity contribution in [2.45, 2.75) is 20.8 Å². The van der Waals surface area contributed by atoms with Crippen molar-refractivity contribution in [3.05, 3.63) is 54.4 Å². The quantitative estimate of drug-likeness (QED) is 0.557. The summed E-state index contributed by atoms with van der Waals surface area (Å²) in [7, 11) is 0. The maximum atomic E-state index is 13.8. The minimum Gasteiger partial charge on any atom is -0.338 e. The Balaban J connectivity index is 0.000000753. The topological polar surface area (TPSA) is 54.5 Å². The minimum absolute atomic E-state index is 0.303. The zero-order valence-corrected chi connectivity index (χ0v) is 13.3. The molecule has 0 radical (unpaired) electrons. The maximum absolute atomic E-state index is 13.8. The van der Waals surface area contributed by atoms with Crippen LogP contribution in [0.4, 0.5) is 4.39 Å². The number of pyridine rings is 3. The van der Waals surface area contributed by atoms with E-state index < -0.39 is 0 Å². The van der Waals surface area contributed by atoms with Crippen molar-refractivity contribution in [2.24, 2.45) is 0 Å². The summed E-state index contributed by atoms with van der Waals surface area (Å²) in [5.41, 5.74) is 3.85. The Morgan fingerprint density at radius 3 is 2.65 bits per heavy atom. The second kappa shape index (κ2) is 6.12. The highest BCUT2D eigenvalue weighted by molar-refractivity contribution is 6.08. The lowest BCUT2D eigenvalue weighted by atomic mass is 10.1. The van der Waals surface area contributed by atoms with Crippen molar-refractivity contribution >= 4 is 21.9 Å². The highest BCUT2D eigenvalue weighted by Crippen LogP contribution is 2.30. The lowest BCUT2D eigenvalue weighted by molar-refractivity contribution is 0.615. The fourth-order valence-corrected chi connectivity index (χ4v) is 2.57. The molecule has 0 saturated carbocycles. The van der Waals surface area contributed by atoms with Crippen molar-refractivity contribution in [3.8, 4) is 11.3 Å². The second-order valence-corrected chi connectivity index (χ2v) is 4.94. The van der Waals surface area contributed by atoms with E-state index >= 15 is 0 Å². The van der Waals surface area contributed by atoms with E-state index in [9.17, 15) is 4.39 Å². The van der Waals surface area contributed by atoms with Gasteiger partial charge in [0.05, 0.1) is 23.6 Å². The van der Waals surface area contributed by atoms with Crippen LogP contribution >= 0.6 is 0 Å². The summed E-state index contributed by atoms with van der Waals surface area (Å²) in [6, 6.07) is 5.75. The van der Waals surface area contributed by atoms with E-state index in [1.165, 1.54) is 6.20 Å². The van der Waals surface area contributed by atoms with Crippen LogP contribution in [0.15, 0.2) is 43.0 Å². The van der Waals surface area contributed by atoms with Crippen molar-refractivity contribution in [2.75, 3.05) is 0 Å². The standard InChI is InChI=1S/C16H11FN4.C2H6/c1-9-12(17)7-20-16-15(9)11-5-13(19-8-14(11)21-16)10-3-2-4-18-6-10;1-2/h2-8H,1H3,(H,20,21);1-2H3. The number of hydrogen-bond donors (Lipinski definition) is 1. The molecule has 116 valence electrons. The molecule has 0 unspecified atom stereocenters. The van der Waals surface area contributed by atoms with Crippen LogP contribution in [0.1, 0.15) is 19.4 Å². The molecule has 0 aliphatic heterocycles. The zero-order valence-electron chi connectivity index (χ0n) is 13.3. The normalized spacial score (nSPS) is 10.6. The van der Waals surface area contributed by atoms with Crippen LogP contribution in [0.3, 0.4) is 0 Å². The van der Waals surface area contributed by atoms with E-state index in [1.54, 1.807) is 25.5 Å². The van der Waals surface area contributed by atoms with Gasteiger partial charge in [0.1, 0.15) is 11.5 Å². The molecule has 4 aromatic heterocycles. The first-order chi connectivity index (χ1) is 11.2. The molecule has 0 saturated heterocycles. The van der Waals surface area contributed by atoms with Gasteiger partial charge >= 0.3 is 0 Å². The molecular formula is C18H17FN4. The fourth-order valence-electron chi connectivity index (χ4n) is 2.57. The minimum atomic E-state index is -0.303. The summed E-state index contributed by atoms with van der Waals surface area (Å²) >= 11 is 0. The van der Waals surface area contributed by atoms with E-state index in [0.717, 1.165) is 27.5 Å². The monoisotopic (exact) mass is 308 g/mol. The molecule has 5 heteroatoms. The van der Waals surface area contributed by atoms with Gasteiger partial charge in [0.25, 0.3) is 0 Å². The first kappa shape index (κ1) is 15.1. The highest BCUT2D eigenvalue weighted by atomic mass is 19.1. The molecule has 1 N–H and O–H groups in total. The van der Waals surface area contributed by atoms with Gasteiger partial charge in [-0.15, -0.1) is 0 Å². The van der Waals surface area contributed by atoms with Crippen molar-refractivity contribution in [1.82, 2.24) is 19.9 Å². The molecule has 23 heavy (non-hydrogen) atoms. The number of aromatic amines is 1. The highest BCUT2D eigenvalue weighted by Gasteiger charge is 2.12. The Bertz CT molecular complexity index is 961. The van der Waals surface area contributed by atoms with Gasteiger partial charge in [-0.2, -0.15) is 0 Å². The predicted octanol–water partition coefficient (Wildman–Crippen LogP) is 4.65. The van der Waals surface area contributed by atoms with Gasteiger partial charge in [0, 0.05) is 28.7 Å². The van der Waals surface area contributed by atoms with E-state index in [4.69, 9.17) is 0 Å². The summed E-state index contributed by atoms with van der Waals surface area (Å²) in [4.78, 5) is 15.8. The van der Waals surface area contributed by atoms with Gasteiger partial charge in [-0.25, -0.2) is 9.37 Å². The summed E-state index contributed by atoms with van der Waals surface area (Å²) in [5, 5.41) is 1.72. The molecule has 0 aliphatic carbocycles. The van der Waals surface area contributed by atoms with Crippen LogP contribution in [-0.4, -0.2) is 19.9 Å². The average molecular weight is 308 g/mol. The van der Waals surface area contributed by atoms with Crippen LogP contribution < -0.4 is 0 Å². The lowest BCUT2D eigenvalue weighted by Crippen LogP contribution is -1.87. The number of aromatic nitrogens is 4. The Labute approximate surface area is 133 Å². The third-order valence-electron chi connectivity index (χ3n) is 3.66. The largest absolute Gasteiger partial charge is 0.338 e. The van der Waals surface area contributed by atoms with Crippen LogP contribution in [0.5, 0.6) is 0 Å². The van der Waals surface area contributed by atoms with E-state index in [2.05, 4.69) is 19.9 Å². The number of aryl methyl sites for hydroxylation is 1. The Morgan fingerprint density at radius 2 is 1.91 bits per heavy atom. The zero-order chi connectivity index (χ0) is 16.4. The molecule has 0 amide bonds. The Hall–Kier alpha value is -2.82. The van der Waals surface area contributed by atoms with Gasteiger partial charge < -0.3 is 4.98 Å². The molecule has 4 aromatic rings. The number of nitrogens with one attached hydrogen (secondary N) is 1. The van der Waals surface area contributed by atoms with Gasteiger partial charge in [-0.1, -0.05) is 13.8 Å². The molecular weight excluding hydrogens is 291 g/mol. The van der Waals surface area contributed by atoms with Gasteiger partial charge in [-0.3, -0.25) is 9.97 Å². The number of halogens is 1. The van der Waals surface area contributed by atoms with Crippen LogP contribution in [0.2, 0.25) is 0 Å². The number of fused-ring (bicyclic) bond motifs is 3. The maximum Gasteiger partial charge on any atom is 0.145 e. The molecule has 0 spiro atoms. The molecule has 4 nitrogen and oxygen atoms in total. The van der Waals surface area contributed by atoms with Crippen LogP contribution in [-0.2, 0) is 0 Å².